The topological polar surface area (TPSA) is 115 Å². The van der Waals surface area contributed by atoms with Crippen LogP contribution in [0.4, 0.5) is 0 Å². The molecule has 0 heterocycles. The first-order valence-corrected chi connectivity index (χ1v) is 12.2. The van der Waals surface area contributed by atoms with E-state index in [0.29, 0.717) is 41.5 Å². The molecule has 194 valence electrons. The highest BCUT2D eigenvalue weighted by Gasteiger charge is 2.19. The molecule has 37 heavy (non-hydrogen) atoms. The summed E-state index contributed by atoms with van der Waals surface area (Å²) in [6, 6.07) is 21.4. The minimum absolute atomic E-state index is 0.0488. The highest BCUT2D eigenvalue weighted by molar-refractivity contribution is 6.30. The molecule has 3 rings (SSSR count). The van der Waals surface area contributed by atoms with Gasteiger partial charge in [0.15, 0.2) is 17.5 Å². The summed E-state index contributed by atoms with van der Waals surface area (Å²) in [6.45, 7) is 0.423. The Hall–Kier alpha value is -4.04. The third kappa shape index (κ3) is 8.84. The molecule has 9 heteroatoms. The molecule has 0 saturated carbocycles. The lowest BCUT2D eigenvalue weighted by atomic mass is 10.1. The average Bonchev–Trinajstić information content (AvgIpc) is 2.89. The number of rotatable bonds is 11. The van der Waals surface area contributed by atoms with Gasteiger partial charge >= 0.3 is 0 Å². The molecule has 0 aromatic heterocycles. The molecule has 4 N–H and O–H groups in total. The van der Waals surface area contributed by atoms with Crippen LogP contribution in [0.3, 0.4) is 0 Å². The van der Waals surface area contributed by atoms with E-state index in [1.54, 1.807) is 25.3 Å². The molecule has 8 nitrogen and oxygen atoms in total. The number of guanidine groups is 1. The van der Waals surface area contributed by atoms with Gasteiger partial charge in [0.1, 0.15) is 6.04 Å². The zero-order valence-corrected chi connectivity index (χ0v) is 21.6. The first-order chi connectivity index (χ1) is 17.9. The molecule has 0 bridgehead atoms. The van der Waals surface area contributed by atoms with Crippen molar-refractivity contribution in [3.8, 4) is 11.5 Å². The Morgan fingerprint density at radius 3 is 2.27 bits per heavy atom. The normalized spacial score (nSPS) is 11.9. The molecule has 0 aliphatic carbocycles. The van der Waals surface area contributed by atoms with Crippen LogP contribution in [0.1, 0.15) is 16.7 Å². The predicted molar refractivity (Wildman–Crippen MR) is 145 cm³/mol. The molecule has 0 saturated heterocycles. The van der Waals surface area contributed by atoms with Crippen LogP contribution in [-0.2, 0) is 28.9 Å². The molecule has 0 radical (unpaired) electrons. The second-order valence-electron chi connectivity index (χ2n) is 8.30. The maximum Gasteiger partial charge on any atom is 0.245 e. The fourth-order valence-electron chi connectivity index (χ4n) is 3.70. The average molecular weight is 523 g/mol. The number of nitrogens with one attached hydrogen (secondary N) is 2. The zero-order chi connectivity index (χ0) is 26.6. The number of ether oxygens (including phenoxy) is 2. The Bertz CT molecular complexity index is 1220. The van der Waals surface area contributed by atoms with E-state index in [9.17, 15) is 9.59 Å². The lowest BCUT2D eigenvalue weighted by Crippen LogP contribution is -2.42. The number of hydrogen-bond acceptors (Lipinski definition) is 5. The van der Waals surface area contributed by atoms with Crippen molar-refractivity contribution in [2.45, 2.75) is 25.3 Å². The van der Waals surface area contributed by atoms with Gasteiger partial charge < -0.3 is 20.5 Å². The first-order valence-electron chi connectivity index (χ1n) is 11.8. The van der Waals surface area contributed by atoms with Gasteiger partial charge in [0.05, 0.1) is 20.6 Å². The quantitative estimate of drug-likeness (QED) is 0.264. The number of amides is 2. The molecule has 0 aliphatic rings. The van der Waals surface area contributed by atoms with E-state index in [4.69, 9.17) is 26.8 Å². The van der Waals surface area contributed by atoms with E-state index >= 15 is 0 Å². The Labute approximate surface area is 221 Å². The first kappa shape index (κ1) is 27.5. The second-order valence-corrected chi connectivity index (χ2v) is 8.74. The number of halogens is 1. The Balaban J connectivity index is 1.64. The van der Waals surface area contributed by atoms with Gasteiger partial charge in [0.2, 0.25) is 11.8 Å². The number of nitrogens with zero attached hydrogens (tertiary/aromatic N) is 1. The third-order valence-electron chi connectivity index (χ3n) is 5.58. The largest absolute Gasteiger partial charge is 0.493 e. The summed E-state index contributed by atoms with van der Waals surface area (Å²) < 4.78 is 10.5. The van der Waals surface area contributed by atoms with Gasteiger partial charge in [-0.3, -0.25) is 14.9 Å². The third-order valence-corrected chi connectivity index (χ3v) is 5.83. The number of carbonyl (C=O) groups excluding carboxylic acids is 2. The van der Waals surface area contributed by atoms with Crippen molar-refractivity contribution in [1.82, 2.24) is 10.6 Å². The summed E-state index contributed by atoms with van der Waals surface area (Å²) in [5.74, 6) is 0.315. The summed E-state index contributed by atoms with van der Waals surface area (Å²) in [5, 5.41) is 6.15. The van der Waals surface area contributed by atoms with E-state index in [1.165, 1.54) is 7.11 Å². The molecule has 3 aromatic rings. The van der Waals surface area contributed by atoms with Gasteiger partial charge in [-0.25, -0.2) is 4.99 Å². The van der Waals surface area contributed by atoms with Gasteiger partial charge in [-0.1, -0.05) is 60.1 Å². The van der Waals surface area contributed by atoms with E-state index in [2.05, 4.69) is 15.6 Å². The summed E-state index contributed by atoms with van der Waals surface area (Å²) in [5.41, 5.74) is 8.72. The van der Waals surface area contributed by atoms with Gasteiger partial charge in [-0.2, -0.15) is 0 Å². The van der Waals surface area contributed by atoms with Crippen molar-refractivity contribution in [3.05, 3.63) is 94.5 Å². The fourth-order valence-corrected chi connectivity index (χ4v) is 3.82. The van der Waals surface area contributed by atoms with Crippen molar-refractivity contribution in [2.75, 3.05) is 20.8 Å². The number of methoxy groups -OCH3 is 2. The molecule has 0 spiro atoms. The van der Waals surface area contributed by atoms with Crippen LogP contribution in [0.5, 0.6) is 11.5 Å². The minimum Gasteiger partial charge on any atom is -0.493 e. The molecule has 1 atom stereocenters. The van der Waals surface area contributed by atoms with Crippen LogP contribution in [0.15, 0.2) is 77.8 Å². The van der Waals surface area contributed by atoms with Crippen LogP contribution < -0.4 is 25.8 Å². The number of hydrogen-bond donors (Lipinski definition) is 3. The number of aliphatic imine (C=N–C) groups is 1. The van der Waals surface area contributed by atoms with Crippen LogP contribution >= 0.6 is 11.6 Å². The molecular formula is C28H31ClN4O4. The smallest absolute Gasteiger partial charge is 0.245 e. The number of nitrogens with two attached hydrogens (primary N) is 1. The Morgan fingerprint density at radius 1 is 0.919 bits per heavy atom. The fraction of sp³-hybridized carbons (Fsp3) is 0.250. The van der Waals surface area contributed by atoms with Crippen LogP contribution in [0.25, 0.3) is 0 Å². The molecule has 0 aliphatic heterocycles. The molecule has 1 unspecified atom stereocenters. The molecule has 0 fully saturated rings. The van der Waals surface area contributed by atoms with E-state index in [0.717, 1.165) is 11.1 Å². The van der Waals surface area contributed by atoms with E-state index < -0.39 is 6.04 Å². The minimum atomic E-state index is -0.811. The maximum absolute atomic E-state index is 13.0. The highest BCUT2D eigenvalue weighted by atomic mass is 35.5. The standard InChI is InChI=1S/C28H31ClN4O4/c1-36-24-13-10-21(17-25(24)37-2)18-26(34)33-28(30)32-23(16-20-6-4-3-5-7-20)27(35)31-15-14-19-8-11-22(29)12-9-19/h3-13,17,23H,14-16,18H2,1-2H3,(H,31,35)(H3,30,32,33,34). The van der Waals surface area contributed by atoms with Crippen molar-refractivity contribution < 1.29 is 19.1 Å². The number of benzene rings is 3. The summed E-state index contributed by atoms with van der Waals surface area (Å²) in [4.78, 5) is 29.9. The van der Waals surface area contributed by atoms with Gasteiger partial charge in [0, 0.05) is 18.0 Å². The van der Waals surface area contributed by atoms with Crippen LogP contribution in [0.2, 0.25) is 5.02 Å². The summed E-state index contributed by atoms with van der Waals surface area (Å²) >= 11 is 5.93. The van der Waals surface area contributed by atoms with E-state index in [1.807, 2.05) is 54.6 Å². The Kier molecular flexibility index (Phi) is 10.3. The van der Waals surface area contributed by atoms with Gasteiger partial charge in [-0.05, 0) is 47.4 Å². The van der Waals surface area contributed by atoms with Gasteiger partial charge in [0.25, 0.3) is 0 Å². The van der Waals surface area contributed by atoms with Crippen LogP contribution in [0, 0.1) is 0 Å². The molecular weight excluding hydrogens is 492 g/mol. The van der Waals surface area contributed by atoms with Crippen LogP contribution in [-0.4, -0.2) is 44.6 Å². The molecule has 3 aromatic carbocycles. The SMILES string of the molecule is COc1ccc(CC(=O)NC(N)=NC(Cc2ccccc2)C(=O)NCCc2ccc(Cl)cc2)cc1OC. The van der Waals surface area contributed by atoms with E-state index in [-0.39, 0.29) is 24.2 Å². The predicted octanol–water partition coefficient (Wildman–Crippen LogP) is 3.30. The lowest BCUT2D eigenvalue weighted by Gasteiger charge is -2.15. The van der Waals surface area contributed by atoms with Crippen molar-refractivity contribution in [2.24, 2.45) is 10.7 Å². The molecule has 2 amide bonds. The van der Waals surface area contributed by atoms with Crippen molar-refractivity contribution >= 4 is 29.4 Å². The lowest BCUT2D eigenvalue weighted by molar-refractivity contribution is -0.122. The summed E-state index contributed by atoms with van der Waals surface area (Å²) in [7, 11) is 3.07. The van der Waals surface area contributed by atoms with Gasteiger partial charge in [-0.15, -0.1) is 0 Å². The highest BCUT2D eigenvalue weighted by Crippen LogP contribution is 2.27. The Morgan fingerprint density at radius 2 is 1.59 bits per heavy atom. The zero-order valence-electron chi connectivity index (χ0n) is 20.9. The maximum atomic E-state index is 13.0. The van der Waals surface area contributed by atoms with Crippen molar-refractivity contribution in [1.29, 1.82) is 0 Å². The summed E-state index contributed by atoms with van der Waals surface area (Å²) in [6.07, 6.45) is 1.02. The number of carbonyl (C=O) groups is 2. The monoisotopic (exact) mass is 522 g/mol. The second kappa shape index (κ2) is 13.9. The van der Waals surface area contributed by atoms with Crippen molar-refractivity contribution in [3.63, 3.8) is 0 Å².